The Labute approximate surface area is 191 Å². The highest BCUT2D eigenvalue weighted by Crippen LogP contribution is 2.46. The van der Waals surface area contributed by atoms with Gasteiger partial charge in [0.05, 0.1) is 16.8 Å². The van der Waals surface area contributed by atoms with E-state index in [1.54, 1.807) is 6.07 Å². The van der Waals surface area contributed by atoms with Gasteiger partial charge in [-0.2, -0.15) is 0 Å². The fourth-order valence-corrected chi connectivity index (χ4v) is 5.10. The van der Waals surface area contributed by atoms with Crippen LogP contribution in [0, 0.1) is 0 Å². The molecule has 5 heteroatoms. The maximum atomic E-state index is 13.4. The number of fused-ring (bicyclic) bond motifs is 2. The van der Waals surface area contributed by atoms with Crippen molar-refractivity contribution in [2.75, 3.05) is 6.54 Å². The van der Waals surface area contributed by atoms with Gasteiger partial charge in [-0.1, -0.05) is 72.9 Å². The molecule has 3 nitrogen and oxygen atoms in total. The van der Waals surface area contributed by atoms with Crippen molar-refractivity contribution in [2.45, 2.75) is 25.8 Å². The van der Waals surface area contributed by atoms with Crippen LogP contribution in [0.25, 0.3) is 22.2 Å². The molecule has 0 aliphatic carbocycles. The first-order valence-corrected chi connectivity index (χ1v) is 11.3. The number of H-pyrrole nitrogens is 1. The van der Waals surface area contributed by atoms with Crippen molar-refractivity contribution in [3.8, 4) is 11.3 Å². The first-order chi connectivity index (χ1) is 15.1. The lowest BCUT2D eigenvalue weighted by Gasteiger charge is -2.26. The van der Waals surface area contributed by atoms with Crippen molar-refractivity contribution >= 4 is 40.0 Å². The van der Waals surface area contributed by atoms with E-state index in [0.29, 0.717) is 16.6 Å². The molecule has 4 aromatic rings. The number of hydrogen-bond acceptors (Lipinski definition) is 1. The molecule has 1 aromatic heterocycles. The highest BCUT2D eigenvalue weighted by Gasteiger charge is 2.39. The zero-order valence-corrected chi connectivity index (χ0v) is 18.7. The molecule has 1 aliphatic heterocycles. The number of carbonyl (C=O) groups is 1. The second kappa shape index (κ2) is 8.07. The van der Waals surface area contributed by atoms with Crippen molar-refractivity contribution in [1.82, 2.24) is 9.88 Å². The lowest BCUT2D eigenvalue weighted by Crippen LogP contribution is -2.30. The topological polar surface area (TPSA) is 36.1 Å². The summed E-state index contributed by atoms with van der Waals surface area (Å²) in [7, 11) is 0. The molecule has 0 spiro atoms. The number of hydrogen-bond donors (Lipinski definition) is 1. The number of amides is 1. The van der Waals surface area contributed by atoms with Gasteiger partial charge in [-0.05, 0) is 42.3 Å². The number of halogens is 2. The minimum atomic E-state index is -0.173. The van der Waals surface area contributed by atoms with Crippen LogP contribution in [-0.2, 0) is 0 Å². The third-order valence-corrected chi connectivity index (χ3v) is 6.58. The molecule has 1 aliphatic rings. The van der Waals surface area contributed by atoms with E-state index in [1.807, 2.05) is 47.4 Å². The summed E-state index contributed by atoms with van der Waals surface area (Å²) in [5.41, 5.74) is 5.73. The molecule has 31 heavy (non-hydrogen) atoms. The highest BCUT2D eigenvalue weighted by molar-refractivity contribution is 6.36. The SMILES string of the molecule is CCCCN1C(=O)c2ccccc2[C@H]1c1c(-c2ccc(Cl)cc2Cl)[nH]c2ccccc12. The van der Waals surface area contributed by atoms with Crippen molar-refractivity contribution in [2.24, 2.45) is 0 Å². The number of carbonyl (C=O) groups excluding carboxylic acids is 1. The second-order valence-corrected chi connectivity index (χ2v) is 8.77. The normalized spacial score (nSPS) is 15.6. The van der Waals surface area contributed by atoms with E-state index in [0.717, 1.165) is 51.7 Å². The maximum Gasteiger partial charge on any atom is 0.255 e. The quantitative estimate of drug-likeness (QED) is 0.337. The summed E-state index contributed by atoms with van der Waals surface area (Å²) in [4.78, 5) is 19.0. The highest BCUT2D eigenvalue weighted by atomic mass is 35.5. The number of nitrogens with zero attached hydrogens (tertiary/aromatic N) is 1. The Kier molecular flexibility index (Phi) is 5.25. The fraction of sp³-hybridized carbons (Fsp3) is 0.192. The van der Waals surface area contributed by atoms with E-state index in [1.165, 1.54) is 0 Å². The Balaban J connectivity index is 1.80. The number of nitrogens with one attached hydrogen (secondary N) is 1. The minimum Gasteiger partial charge on any atom is -0.354 e. The smallest absolute Gasteiger partial charge is 0.255 e. The van der Waals surface area contributed by atoms with Gasteiger partial charge in [0.15, 0.2) is 0 Å². The van der Waals surface area contributed by atoms with E-state index < -0.39 is 0 Å². The summed E-state index contributed by atoms with van der Waals surface area (Å²) in [6, 6.07) is 21.5. The van der Waals surface area contributed by atoms with Gasteiger partial charge in [0, 0.05) is 39.2 Å². The number of rotatable bonds is 5. The van der Waals surface area contributed by atoms with Crippen LogP contribution in [0.1, 0.15) is 47.3 Å². The zero-order valence-electron chi connectivity index (χ0n) is 17.2. The van der Waals surface area contributed by atoms with E-state index >= 15 is 0 Å². The van der Waals surface area contributed by atoms with Gasteiger partial charge in [-0.25, -0.2) is 0 Å². The largest absolute Gasteiger partial charge is 0.354 e. The average molecular weight is 449 g/mol. The van der Waals surface area contributed by atoms with Crippen LogP contribution in [0.2, 0.25) is 10.0 Å². The molecule has 3 aromatic carbocycles. The Bertz CT molecular complexity index is 1290. The molecule has 0 fully saturated rings. The van der Waals surface area contributed by atoms with Gasteiger partial charge in [0.25, 0.3) is 5.91 Å². The van der Waals surface area contributed by atoms with Crippen molar-refractivity contribution in [3.63, 3.8) is 0 Å². The van der Waals surface area contributed by atoms with Crippen LogP contribution in [0.5, 0.6) is 0 Å². The number of aromatic nitrogens is 1. The third kappa shape index (κ3) is 3.33. The number of para-hydroxylation sites is 1. The third-order valence-electron chi connectivity index (χ3n) is 6.03. The fourth-order valence-electron chi connectivity index (χ4n) is 4.59. The molecule has 1 N–H and O–H groups in total. The standard InChI is InChI=1S/C26H22Cl2N2O/c1-2-3-14-30-25(17-8-4-5-9-18(17)26(30)31)23-20-10-6-7-11-22(20)29-24(23)19-13-12-16(27)15-21(19)28/h4-13,15,25,29H,2-3,14H2,1H3/t25-/m0/s1. The summed E-state index contributed by atoms with van der Waals surface area (Å²) < 4.78 is 0. The molecular weight excluding hydrogens is 427 g/mol. The van der Waals surface area contributed by atoms with Crippen LogP contribution in [0.15, 0.2) is 66.7 Å². The molecule has 1 amide bonds. The zero-order chi connectivity index (χ0) is 21.5. The van der Waals surface area contributed by atoms with Crippen molar-refractivity contribution in [3.05, 3.63) is 93.5 Å². The number of aromatic amines is 1. The Morgan fingerprint density at radius 2 is 1.74 bits per heavy atom. The molecule has 0 saturated heterocycles. The van der Waals surface area contributed by atoms with Gasteiger partial charge in [0.2, 0.25) is 0 Å². The van der Waals surface area contributed by atoms with E-state index in [-0.39, 0.29) is 11.9 Å². The molecule has 0 radical (unpaired) electrons. The molecule has 0 unspecified atom stereocenters. The first-order valence-electron chi connectivity index (χ1n) is 10.6. The monoisotopic (exact) mass is 448 g/mol. The Morgan fingerprint density at radius 1 is 0.968 bits per heavy atom. The predicted molar refractivity (Wildman–Crippen MR) is 128 cm³/mol. The van der Waals surface area contributed by atoms with E-state index in [9.17, 15) is 4.79 Å². The Hall–Kier alpha value is -2.75. The average Bonchev–Trinajstić information content (AvgIpc) is 3.27. The maximum absolute atomic E-state index is 13.4. The minimum absolute atomic E-state index is 0.0903. The molecule has 156 valence electrons. The van der Waals surface area contributed by atoms with E-state index in [2.05, 4.69) is 30.1 Å². The lowest BCUT2D eigenvalue weighted by atomic mass is 9.93. The lowest BCUT2D eigenvalue weighted by molar-refractivity contribution is 0.0748. The number of unbranched alkanes of at least 4 members (excludes halogenated alkanes) is 1. The van der Waals surface area contributed by atoms with Crippen LogP contribution >= 0.6 is 23.2 Å². The van der Waals surface area contributed by atoms with Gasteiger partial charge in [0.1, 0.15) is 0 Å². The van der Waals surface area contributed by atoms with Crippen LogP contribution < -0.4 is 0 Å². The Morgan fingerprint density at radius 3 is 2.55 bits per heavy atom. The molecular formula is C26H22Cl2N2O. The summed E-state index contributed by atoms with van der Waals surface area (Å²) in [5, 5.41) is 2.27. The molecule has 5 rings (SSSR count). The van der Waals surface area contributed by atoms with Crippen LogP contribution in [-0.4, -0.2) is 22.3 Å². The summed E-state index contributed by atoms with van der Waals surface area (Å²) in [5.74, 6) is 0.0903. The van der Waals surface area contributed by atoms with Gasteiger partial charge >= 0.3 is 0 Å². The predicted octanol–water partition coefficient (Wildman–Crippen LogP) is 7.49. The van der Waals surface area contributed by atoms with Gasteiger partial charge in [-0.15, -0.1) is 0 Å². The van der Waals surface area contributed by atoms with Crippen LogP contribution in [0.4, 0.5) is 0 Å². The van der Waals surface area contributed by atoms with Crippen molar-refractivity contribution < 1.29 is 4.79 Å². The molecule has 1 atom stereocenters. The number of benzene rings is 3. The molecule has 0 saturated carbocycles. The summed E-state index contributed by atoms with van der Waals surface area (Å²) in [6.07, 6.45) is 1.98. The van der Waals surface area contributed by atoms with Crippen LogP contribution in [0.3, 0.4) is 0 Å². The molecule has 0 bridgehead atoms. The van der Waals surface area contributed by atoms with Gasteiger partial charge in [-0.3, -0.25) is 4.79 Å². The molecule has 2 heterocycles. The van der Waals surface area contributed by atoms with E-state index in [4.69, 9.17) is 23.2 Å². The van der Waals surface area contributed by atoms with Crippen molar-refractivity contribution in [1.29, 1.82) is 0 Å². The van der Waals surface area contributed by atoms with Gasteiger partial charge < -0.3 is 9.88 Å². The summed E-state index contributed by atoms with van der Waals surface area (Å²) in [6.45, 7) is 2.86. The summed E-state index contributed by atoms with van der Waals surface area (Å²) >= 11 is 12.8. The second-order valence-electron chi connectivity index (χ2n) is 7.93. The first kappa shape index (κ1) is 20.2.